The van der Waals surface area contributed by atoms with Gasteiger partial charge in [-0.25, -0.2) is 0 Å². The fourth-order valence-electron chi connectivity index (χ4n) is 2.03. The molecule has 1 amide bonds. The maximum Gasteiger partial charge on any atom is 0.417 e. The van der Waals surface area contributed by atoms with E-state index in [2.05, 4.69) is 5.32 Å². The Hall–Kier alpha value is -2.30. The highest BCUT2D eigenvalue weighted by molar-refractivity contribution is 5.96. The molecule has 0 bridgehead atoms. The molecule has 0 unspecified atom stereocenters. The number of hydrogen-bond donors (Lipinski definition) is 1. The van der Waals surface area contributed by atoms with E-state index in [1.54, 1.807) is 19.1 Å². The number of carbonyl (C=O) groups is 1. The lowest BCUT2D eigenvalue weighted by Gasteiger charge is -2.17. The molecule has 0 fully saturated rings. The Morgan fingerprint density at radius 3 is 2.19 bits per heavy atom. The van der Waals surface area contributed by atoms with Crippen LogP contribution in [0.25, 0.3) is 0 Å². The first-order chi connectivity index (χ1) is 9.89. The summed E-state index contributed by atoms with van der Waals surface area (Å²) in [6.07, 6.45) is -4.55. The summed E-state index contributed by atoms with van der Waals surface area (Å²) in [6.45, 7) is 1.73. The normalized spacial score (nSPS) is 12.8. The quantitative estimate of drug-likeness (QED) is 0.903. The molecule has 0 saturated carbocycles. The van der Waals surface area contributed by atoms with E-state index in [1.165, 1.54) is 18.2 Å². The second-order valence-electron chi connectivity index (χ2n) is 4.65. The lowest BCUT2D eigenvalue weighted by molar-refractivity contribution is -0.137. The van der Waals surface area contributed by atoms with Crippen LogP contribution in [0.15, 0.2) is 54.6 Å². The zero-order chi connectivity index (χ0) is 15.5. The smallest absolute Gasteiger partial charge is 0.346 e. The molecule has 5 heteroatoms. The van der Waals surface area contributed by atoms with Crippen LogP contribution < -0.4 is 5.32 Å². The average Bonchev–Trinajstić information content (AvgIpc) is 2.47. The van der Waals surface area contributed by atoms with Crippen molar-refractivity contribution < 1.29 is 18.0 Å². The predicted molar refractivity (Wildman–Crippen MR) is 73.8 cm³/mol. The standard InChI is InChI=1S/C16H14F3NO/c1-11(12-7-3-2-4-8-12)20-15(21)13-9-5-6-10-14(13)16(17,18)19/h2-11H,1H3,(H,20,21)/t11-/m0/s1. The van der Waals surface area contributed by atoms with Crippen LogP contribution in [0.2, 0.25) is 0 Å². The Morgan fingerprint density at radius 2 is 1.57 bits per heavy atom. The highest BCUT2D eigenvalue weighted by atomic mass is 19.4. The van der Waals surface area contributed by atoms with Crippen molar-refractivity contribution in [3.05, 3.63) is 71.3 Å². The Labute approximate surface area is 120 Å². The number of carbonyl (C=O) groups excluding carboxylic acids is 1. The first-order valence-electron chi connectivity index (χ1n) is 6.41. The van der Waals surface area contributed by atoms with E-state index in [4.69, 9.17) is 0 Å². The van der Waals surface area contributed by atoms with Crippen molar-refractivity contribution in [2.24, 2.45) is 0 Å². The molecular weight excluding hydrogens is 279 g/mol. The molecule has 0 aromatic heterocycles. The summed E-state index contributed by atoms with van der Waals surface area (Å²) in [7, 11) is 0. The number of alkyl halides is 3. The maximum absolute atomic E-state index is 12.9. The molecule has 2 nitrogen and oxygen atoms in total. The van der Waals surface area contributed by atoms with Gasteiger partial charge in [0.05, 0.1) is 17.2 Å². The lowest BCUT2D eigenvalue weighted by atomic mass is 10.0. The molecule has 0 heterocycles. The molecule has 110 valence electrons. The molecule has 2 aromatic rings. The van der Waals surface area contributed by atoms with Gasteiger partial charge in [-0.1, -0.05) is 42.5 Å². The van der Waals surface area contributed by atoms with E-state index in [0.717, 1.165) is 11.6 Å². The van der Waals surface area contributed by atoms with Crippen molar-refractivity contribution in [1.29, 1.82) is 0 Å². The number of rotatable bonds is 3. The molecule has 1 atom stereocenters. The lowest BCUT2D eigenvalue weighted by Crippen LogP contribution is -2.28. The van der Waals surface area contributed by atoms with E-state index in [1.807, 2.05) is 18.2 Å². The molecule has 0 aliphatic heterocycles. The average molecular weight is 293 g/mol. The van der Waals surface area contributed by atoms with Crippen molar-refractivity contribution in [1.82, 2.24) is 5.32 Å². The van der Waals surface area contributed by atoms with Crippen LogP contribution in [-0.4, -0.2) is 5.91 Å². The van der Waals surface area contributed by atoms with Crippen LogP contribution in [0, 0.1) is 0 Å². The van der Waals surface area contributed by atoms with E-state index in [-0.39, 0.29) is 11.6 Å². The van der Waals surface area contributed by atoms with Gasteiger partial charge in [0, 0.05) is 0 Å². The third-order valence-electron chi connectivity index (χ3n) is 3.12. The zero-order valence-corrected chi connectivity index (χ0v) is 11.3. The summed E-state index contributed by atoms with van der Waals surface area (Å²) >= 11 is 0. The van der Waals surface area contributed by atoms with Gasteiger partial charge in [-0.2, -0.15) is 13.2 Å². The summed E-state index contributed by atoms with van der Waals surface area (Å²) < 4.78 is 38.7. The molecule has 0 aliphatic rings. The molecule has 0 aliphatic carbocycles. The van der Waals surface area contributed by atoms with Gasteiger partial charge in [-0.15, -0.1) is 0 Å². The number of halogens is 3. The van der Waals surface area contributed by atoms with Crippen molar-refractivity contribution in [3.63, 3.8) is 0 Å². The van der Waals surface area contributed by atoms with Crippen molar-refractivity contribution >= 4 is 5.91 Å². The Balaban J connectivity index is 2.22. The SMILES string of the molecule is C[C@H](NC(=O)c1ccccc1C(F)(F)F)c1ccccc1. The minimum Gasteiger partial charge on any atom is -0.346 e. The zero-order valence-electron chi connectivity index (χ0n) is 11.3. The van der Waals surface area contributed by atoms with Gasteiger partial charge >= 0.3 is 6.18 Å². The summed E-state index contributed by atoms with van der Waals surface area (Å²) in [5.74, 6) is -0.737. The van der Waals surface area contributed by atoms with Crippen LogP contribution in [0.1, 0.15) is 34.5 Å². The molecule has 21 heavy (non-hydrogen) atoms. The Morgan fingerprint density at radius 1 is 1.00 bits per heavy atom. The number of amides is 1. The number of nitrogens with one attached hydrogen (secondary N) is 1. The minimum atomic E-state index is -4.55. The topological polar surface area (TPSA) is 29.1 Å². The van der Waals surface area contributed by atoms with Gasteiger partial charge in [-0.05, 0) is 24.6 Å². The van der Waals surface area contributed by atoms with Crippen LogP contribution >= 0.6 is 0 Å². The molecule has 0 spiro atoms. The predicted octanol–water partition coefficient (Wildman–Crippen LogP) is 4.20. The monoisotopic (exact) mass is 293 g/mol. The van der Waals surface area contributed by atoms with Crippen molar-refractivity contribution in [2.45, 2.75) is 19.1 Å². The van der Waals surface area contributed by atoms with E-state index in [0.29, 0.717) is 0 Å². The fraction of sp³-hybridized carbons (Fsp3) is 0.188. The van der Waals surface area contributed by atoms with Crippen molar-refractivity contribution in [2.75, 3.05) is 0 Å². The maximum atomic E-state index is 12.9. The molecular formula is C16H14F3NO. The second kappa shape index (κ2) is 5.99. The Bertz CT molecular complexity index is 623. The van der Waals surface area contributed by atoms with Crippen molar-refractivity contribution in [3.8, 4) is 0 Å². The highest BCUT2D eigenvalue weighted by Gasteiger charge is 2.34. The molecule has 2 rings (SSSR count). The fourth-order valence-corrected chi connectivity index (χ4v) is 2.03. The second-order valence-corrected chi connectivity index (χ2v) is 4.65. The van der Waals surface area contributed by atoms with Gasteiger partial charge < -0.3 is 5.32 Å². The summed E-state index contributed by atoms with van der Waals surface area (Å²) in [4.78, 5) is 12.1. The largest absolute Gasteiger partial charge is 0.417 e. The third kappa shape index (κ3) is 3.62. The number of hydrogen-bond acceptors (Lipinski definition) is 1. The van der Waals surface area contributed by atoms with Crippen LogP contribution in [0.5, 0.6) is 0 Å². The van der Waals surface area contributed by atoms with E-state index < -0.39 is 17.6 Å². The van der Waals surface area contributed by atoms with Crippen LogP contribution in [-0.2, 0) is 6.18 Å². The third-order valence-corrected chi connectivity index (χ3v) is 3.12. The highest BCUT2D eigenvalue weighted by Crippen LogP contribution is 2.32. The summed E-state index contributed by atoms with van der Waals surface area (Å²) in [5, 5.41) is 2.59. The van der Waals surface area contributed by atoms with Gasteiger partial charge in [0.2, 0.25) is 0 Å². The Kier molecular flexibility index (Phi) is 4.31. The van der Waals surface area contributed by atoms with Gasteiger partial charge in [0.25, 0.3) is 5.91 Å². The van der Waals surface area contributed by atoms with Crippen LogP contribution in [0.4, 0.5) is 13.2 Å². The van der Waals surface area contributed by atoms with Gasteiger partial charge in [-0.3, -0.25) is 4.79 Å². The van der Waals surface area contributed by atoms with Gasteiger partial charge in [0.1, 0.15) is 0 Å². The minimum absolute atomic E-state index is 0.368. The van der Waals surface area contributed by atoms with E-state index >= 15 is 0 Å². The first kappa shape index (κ1) is 15.1. The molecule has 0 saturated heterocycles. The number of benzene rings is 2. The van der Waals surface area contributed by atoms with E-state index in [9.17, 15) is 18.0 Å². The van der Waals surface area contributed by atoms with Crippen LogP contribution in [0.3, 0.4) is 0 Å². The van der Waals surface area contributed by atoms with Gasteiger partial charge in [0.15, 0.2) is 0 Å². The summed E-state index contributed by atoms with van der Waals surface area (Å²) in [6, 6.07) is 13.4. The molecule has 0 radical (unpaired) electrons. The summed E-state index contributed by atoms with van der Waals surface area (Å²) in [5.41, 5.74) is -0.467. The molecule has 1 N–H and O–H groups in total. The molecule has 2 aromatic carbocycles. The first-order valence-corrected chi connectivity index (χ1v) is 6.41.